The summed E-state index contributed by atoms with van der Waals surface area (Å²) < 4.78 is 27.2. The molecule has 9 heteroatoms. The second-order valence-corrected chi connectivity index (χ2v) is 11.0. The number of halogens is 1. The maximum Gasteiger partial charge on any atom is 0.243 e. The van der Waals surface area contributed by atoms with E-state index >= 15 is 0 Å². The maximum absolute atomic E-state index is 13.1. The molecule has 0 radical (unpaired) electrons. The zero-order valence-electron chi connectivity index (χ0n) is 18.0. The molecule has 32 heavy (non-hydrogen) atoms. The zero-order chi connectivity index (χ0) is 23.0. The molecule has 2 aromatic carbocycles. The van der Waals surface area contributed by atoms with Gasteiger partial charge in [0.2, 0.25) is 21.8 Å². The number of rotatable bonds is 6. The fourth-order valence-electron chi connectivity index (χ4n) is 4.16. The molecule has 2 amide bonds. The van der Waals surface area contributed by atoms with Crippen LogP contribution in [-0.4, -0.2) is 44.2 Å². The van der Waals surface area contributed by atoms with Gasteiger partial charge >= 0.3 is 0 Å². The average Bonchev–Trinajstić information content (AvgIpc) is 3.03. The van der Waals surface area contributed by atoms with Gasteiger partial charge in [-0.1, -0.05) is 18.0 Å². The molecule has 4 rings (SSSR count). The van der Waals surface area contributed by atoms with Crippen molar-refractivity contribution in [2.75, 3.05) is 23.8 Å². The molecule has 1 fully saturated rings. The van der Waals surface area contributed by atoms with Crippen LogP contribution in [0.2, 0.25) is 5.02 Å². The number of anilines is 2. The maximum atomic E-state index is 13.1. The van der Waals surface area contributed by atoms with E-state index in [1.165, 1.54) is 13.1 Å². The van der Waals surface area contributed by atoms with Crippen LogP contribution >= 0.6 is 11.6 Å². The smallest absolute Gasteiger partial charge is 0.243 e. The van der Waals surface area contributed by atoms with Gasteiger partial charge in [0.15, 0.2) is 0 Å². The van der Waals surface area contributed by atoms with Crippen molar-refractivity contribution in [3.63, 3.8) is 0 Å². The fourth-order valence-corrected chi connectivity index (χ4v) is 5.46. The second-order valence-electron chi connectivity index (χ2n) is 8.50. The van der Waals surface area contributed by atoms with Crippen LogP contribution in [0.3, 0.4) is 0 Å². The summed E-state index contributed by atoms with van der Waals surface area (Å²) in [4.78, 5) is 27.1. The Balaban J connectivity index is 1.48. The first-order valence-electron chi connectivity index (χ1n) is 10.6. The molecule has 1 aliphatic carbocycles. The molecule has 2 aliphatic rings. The number of sulfonamides is 1. The van der Waals surface area contributed by atoms with Crippen LogP contribution in [0.1, 0.15) is 31.7 Å². The minimum Gasteiger partial charge on any atom is -0.325 e. The minimum absolute atomic E-state index is 0.000984. The number of benzene rings is 2. The lowest BCUT2D eigenvalue weighted by Crippen LogP contribution is -2.42. The summed E-state index contributed by atoms with van der Waals surface area (Å²) in [6.45, 7) is 1.66. The van der Waals surface area contributed by atoms with Crippen LogP contribution in [-0.2, 0) is 26.0 Å². The lowest BCUT2D eigenvalue weighted by molar-refractivity contribution is -0.125. The third kappa shape index (κ3) is 4.40. The molecule has 1 saturated carbocycles. The number of likely N-dealkylation sites (N-methyl/N-ethyl adjacent to an activating group) is 1. The number of nitrogens with zero attached hydrogens (tertiary/aromatic N) is 2. The van der Waals surface area contributed by atoms with E-state index in [0.717, 1.165) is 34.8 Å². The summed E-state index contributed by atoms with van der Waals surface area (Å²) in [5.74, 6) is -0.239. The highest BCUT2D eigenvalue weighted by molar-refractivity contribution is 7.89. The summed E-state index contributed by atoms with van der Waals surface area (Å²) in [5.41, 5.74) is 2.16. The minimum atomic E-state index is -3.87. The Morgan fingerprint density at radius 3 is 2.47 bits per heavy atom. The number of carbonyl (C=O) groups is 2. The van der Waals surface area contributed by atoms with Crippen LogP contribution < -0.4 is 10.2 Å². The number of nitrogens with one attached hydrogen (secondary N) is 1. The van der Waals surface area contributed by atoms with Crippen molar-refractivity contribution >= 4 is 44.8 Å². The summed E-state index contributed by atoms with van der Waals surface area (Å²) >= 11 is 5.84. The number of carbonyl (C=O) groups excluding carboxylic acids is 2. The Labute approximate surface area is 193 Å². The molecule has 0 bridgehead atoms. The highest BCUT2D eigenvalue weighted by Gasteiger charge is 2.37. The van der Waals surface area contributed by atoms with Gasteiger partial charge in [0.05, 0.1) is 11.4 Å². The molecule has 0 aromatic heterocycles. The Morgan fingerprint density at radius 2 is 1.84 bits per heavy atom. The predicted octanol–water partition coefficient (Wildman–Crippen LogP) is 3.68. The topological polar surface area (TPSA) is 86.8 Å². The zero-order valence-corrected chi connectivity index (χ0v) is 19.6. The standard InChI is InChI=1S/C23H26ClN3O4S/c1-15-12-17-13-20(10-11-21(17)27(15)23(29)16-4-3-5-16)32(30,31)26(2)14-22(28)25-19-8-6-18(24)7-9-19/h6-11,13,15-16H,3-5,12,14H2,1-2H3,(H,25,28)/t15-/m0/s1. The van der Waals surface area contributed by atoms with Crippen molar-refractivity contribution in [2.45, 2.75) is 43.5 Å². The van der Waals surface area contributed by atoms with Gasteiger partial charge in [-0.2, -0.15) is 4.31 Å². The van der Waals surface area contributed by atoms with E-state index in [1.807, 2.05) is 11.8 Å². The Kier molecular flexibility index (Phi) is 6.29. The Hall–Kier alpha value is -2.42. The molecule has 170 valence electrons. The predicted molar refractivity (Wildman–Crippen MR) is 124 cm³/mol. The van der Waals surface area contributed by atoms with E-state index in [-0.39, 0.29) is 29.3 Å². The summed E-state index contributed by atoms with van der Waals surface area (Å²) in [5, 5.41) is 3.21. The summed E-state index contributed by atoms with van der Waals surface area (Å²) in [6, 6.07) is 11.4. The van der Waals surface area contributed by atoms with E-state index in [1.54, 1.807) is 36.4 Å². The summed E-state index contributed by atoms with van der Waals surface area (Å²) in [6.07, 6.45) is 3.54. The third-order valence-electron chi connectivity index (χ3n) is 6.16. The first-order chi connectivity index (χ1) is 15.2. The molecular weight excluding hydrogens is 450 g/mol. The van der Waals surface area contributed by atoms with E-state index in [9.17, 15) is 18.0 Å². The molecule has 1 N–H and O–H groups in total. The SMILES string of the molecule is C[C@H]1Cc2cc(S(=O)(=O)N(C)CC(=O)Nc3ccc(Cl)cc3)ccc2N1C(=O)C1CCC1. The van der Waals surface area contributed by atoms with Gasteiger partial charge in [0.25, 0.3) is 0 Å². The molecule has 0 spiro atoms. The van der Waals surface area contributed by atoms with Crippen LogP contribution in [0.4, 0.5) is 11.4 Å². The van der Waals surface area contributed by atoms with Gasteiger partial charge in [-0.15, -0.1) is 0 Å². The molecule has 2 aromatic rings. The number of fused-ring (bicyclic) bond motifs is 1. The van der Waals surface area contributed by atoms with Crippen molar-refractivity contribution in [1.82, 2.24) is 4.31 Å². The van der Waals surface area contributed by atoms with Crippen molar-refractivity contribution < 1.29 is 18.0 Å². The van der Waals surface area contributed by atoms with Crippen molar-refractivity contribution in [2.24, 2.45) is 5.92 Å². The Morgan fingerprint density at radius 1 is 1.16 bits per heavy atom. The van der Waals surface area contributed by atoms with Crippen LogP contribution in [0.5, 0.6) is 0 Å². The molecular formula is C23H26ClN3O4S. The van der Waals surface area contributed by atoms with Crippen LogP contribution in [0, 0.1) is 5.92 Å². The van der Waals surface area contributed by atoms with E-state index in [2.05, 4.69) is 5.32 Å². The normalized spacial score (nSPS) is 18.4. The monoisotopic (exact) mass is 475 g/mol. The average molecular weight is 476 g/mol. The highest BCUT2D eigenvalue weighted by Crippen LogP contribution is 2.38. The van der Waals surface area contributed by atoms with Gasteiger partial charge < -0.3 is 10.2 Å². The van der Waals surface area contributed by atoms with Gasteiger partial charge in [0, 0.05) is 35.4 Å². The van der Waals surface area contributed by atoms with E-state index in [0.29, 0.717) is 17.1 Å². The van der Waals surface area contributed by atoms with Gasteiger partial charge in [-0.3, -0.25) is 9.59 Å². The van der Waals surface area contributed by atoms with Crippen molar-refractivity contribution in [3.05, 3.63) is 53.1 Å². The lowest BCUT2D eigenvalue weighted by atomic mass is 9.84. The lowest BCUT2D eigenvalue weighted by Gasteiger charge is -2.32. The fraction of sp³-hybridized carbons (Fsp3) is 0.391. The van der Waals surface area contributed by atoms with Gasteiger partial charge in [-0.25, -0.2) is 8.42 Å². The quantitative estimate of drug-likeness (QED) is 0.690. The van der Waals surface area contributed by atoms with E-state index < -0.39 is 15.9 Å². The molecule has 1 atom stereocenters. The van der Waals surface area contributed by atoms with Gasteiger partial charge in [-0.05, 0) is 74.2 Å². The molecule has 1 heterocycles. The molecule has 7 nitrogen and oxygen atoms in total. The molecule has 0 unspecified atom stereocenters. The largest absolute Gasteiger partial charge is 0.325 e. The third-order valence-corrected chi connectivity index (χ3v) is 8.21. The molecule has 0 saturated heterocycles. The number of amides is 2. The van der Waals surface area contributed by atoms with Crippen LogP contribution in [0.25, 0.3) is 0 Å². The number of hydrogen-bond donors (Lipinski definition) is 1. The van der Waals surface area contributed by atoms with Crippen molar-refractivity contribution in [3.8, 4) is 0 Å². The summed E-state index contributed by atoms with van der Waals surface area (Å²) in [7, 11) is -2.50. The second kappa shape index (κ2) is 8.84. The first kappa shape index (κ1) is 22.8. The molecule has 1 aliphatic heterocycles. The van der Waals surface area contributed by atoms with Gasteiger partial charge in [0.1, 0.15) is 0 Å². The van der Waals surface area contributed by atoms with Crippen LogP contribution in [0.15, 0.2) is 47.4 Å². The Bertz CT molecular complexity index is 1150. The first-order valence-corrected chi connectivity index (χ1v) is 12.5. The van der Waals surface area contributed by atoms with Crippen molar-refractivity contribution in [1.29, 1.82) is 0 Å². The van der Waals surface area contributed by atoms with E-state index in [4.69, 9.17) is 11.6 Å². The highest BCUT2D eigenvalue weighted by atomic mass is 35.5. The number of hydrogen-bond acceptors (Lipinski definition) is 4.